The summed E-state index contributed by atoms with van der Waals surface area (Å²) in [4.78, 5) is 19.0. The Hall–Kier alpha value is -1.76. The van der Waals surface area contributed by atoms with Crippen LogP contribution >= 0.6 is 11.3 Å². The van der Waals surface area contributed by atoms with Gasteiger partial charge in [0.1, 0.15) is 0 Å². The zero-order valence-corrected chi connectivity index (χ0v) is 14.0. The van der Waals surface area contributed by atoms with Crippen LogP contribution in [0.1, 0.15) is 27.5 Å². The van der Waals surface area contributed by atoms with E-state index in [0.29, 0.717) is 6.54 Å². The smallest absolute Gasteiger partial charge is 0.252 e. The van der Waals surface area contributed by atoms with Crippen LogP contribution in [0.2, 0.25) is 0 Å². The number of aromatic nitrogens is 1. The first-order valence-corrected chi connectivity index (χ1v) is 8.72. The van der Waals surface area contributed by atoms with Crippen LogP contribution in [0.15, 0.2) is 35.3 Å². The number of carbonyl (C=O) groups excluding carboxylic acids is 1. The van der Waals surface area contributed by atoms with Gasteiger partial charge in [0.25, 0.3) is 5.91 Å². The zero-order chi connectivity index (χ0) is 16.1. The van der Waals surface area contributed by atoms with E-state index in [0.717, 1.165) is 43.0 Å². The Morgan fingerprint density at radius 2 is 2.26 bits per heavy atom. The fraction of sp³-hybridized carbons (Fsp3) is 0.412. The van der Waals surface area contributed by atoms with Crippen molar-refractivity contribution >= 4 is 17.2 Å². The van der Waals surface area contributed by atoms with Gasteiger partial charge in [0.15, 0.2) is 0 Å². The minimum Gasteiger partial charge on any atom is -0.379 e. The first-order chi connectivity index (χ1) is 11.3. The van der Waals surface area contributed by atoms with Crippen molar-refractivity contribution < 1.29 is 9.53 Å². The average molecular weight is 331 g/mol. The SMILES string of the molecule is Cc1cscc1C(=O)NC[C@H](c1cccnc1)N1CCOCC1. The van der Waals surface area contributed by atoms with Gasteiger partial charge in [-0.25, -0.2) is 0 Å². The van der Waals surface area contributed by atoms with Crippen LogP contribution in [0.25, 0.3) is 0 Å². The van der Waals surface area contributed by atoms with Gasteiger partial charge in [0, 0.05) is 37.4 Å². The number of carbonyl (C=O) groups is 1. The molecule has 1 amide bonds. The second kappa shape index (κ2) is 7.68. The molecular weight excluding hydrogens is 310 g/mol. The molecule has 0 spiro atoms. The largest absolute Gasteiger partial charge is 0.379 e. The topological polar surface area (TPSA) is 54.5 Å². The summed E-state index contributed by atoms with van der Waals surface area (Å²) in [5.41, 5.74) is 2.91. The van der Waals surface area contributed by atoms with E-state index in [4.69, 9.17) is 4.74 Å². The second-order valence-electron chi connectivity index (χ2n) is 5.63. The molecule has 1 atom stereocenters. The third kappa shape index (κ3) is 3.96. The predicted octanol–water partition coefficient (Wildman–Crippen LogP) is 2.25. The minimum atomic E-state index is -0.00843. The molecule has 122 valence electrons. The number of ether oxygens (including phenoxy) is 1. The van der Waals surface area contributed by atoms with Crippen LogP contribution in [-0.4, -0.2) is 48.6 Å². The maximum absolute atomic E-state index is 12.4. The summed E-state index contributed by atoms with van der Waals surface area (Å²) in [6.07, 6.45) is 3.65. The second-order valence-corrected chi connectivity index (χ2v) is 6.37. The molecule has 6 heteroatoms. The molecule has 1 aliphatic heterocycles. The fourth-order valence-electron chi connectivity index (χ4n) is 2.80. The number of nitrogens with zero attached hydrogens (tertiary/aromatic N) is 2. The van der Waals surface area contributed by atoms with Gasteiger partial charge in [-0.3, -0.25) is 14.7 Å². The maximum Gasteiger partial charge on any atom is 0.252 e. The molecule has 3 heterocycles. The van der Waals surface area contributed by atoms with Crippen molar-refractivity contribution in [3.05, 3.63) is 52.0 Å². The van der Waals surface area contributed by atoms with Crippen LogP contribution < -0.4 is 5.32 Å². The quantitative estimate of drug-likeness (QED) is 0.913. The summed E-state index contributed by atoms with van der Waals surface area (Å²) in [6, 6.07) is 4.12. The van der Waals surface area contributed by atoms with Gasteiger partial charge in [0.05, 0.1) is 24.8 Å². The Morgan fingerprint density at radius 1 is 1.43 bits per heavy atom. The lowest BCUT2D eigenvalue weighted by Crippen LogP contribution is -2.43. The van der Waals surface area contributed by atoms with Crippen molar-refractivity contribution in [2.24, 2.45) is 0 Å². The normalized spacial score (nSPS) is 16.9. The van der Waals surface area contributed by atoms with Crippen molar-refractivity contribution in [3.63, 3.8) is 0 Å². The number of amides is 1. The van der Waals surface area contributed by atoms with E-state index in [1.165, 1.54) is 0 Å². The summed E-state index contributed by atoms with van der Waals surface area (Å²) in [6.45, 7) is 5.73. The molecule has 2 aromatic heterocycles. The maximum atomic E-state index is 12.4. The Morgan fingerprint density at radius 3 is 2.91 bits per heavy atom. The van der Waals surface area contributed by atoms with Crippen molar-refractivity contribution in [1.29, 1.82) is 0 Å². The van der Waals surface area contributed by atoms with Crippen molar-refractivity contribution in [2.45, 2.75) is 13.0 Å². The van der Waals surface area contributed by atoms with Crippen LogP contribution in [0.3, 0.4) is 0 Å². The van der Waals surface area contributed by atoms with E-state index in [2.05, 4.69) is 21.3 Å². The lowest BCUT2D eigenvalue weighted by Gasteiger charge is -2.34. The van der Waals surface area contributed by atoms with Gasteiger partial charge in [-0.1, -0.05) is 6.07 Å². The monoisotopic (exact) mass is 331 g/mol. The third-order valence-electron chi connectivity index (χ3n) is 4.11. The first-order valence-electron chi connectivity index (χ1n) is 7.78. The van der Waals surface area contributed by atoms with Gasteiger partial charge in [-0.05, 0) is 29.5 Å². The van der Waals surface area contributed by atoms with E-state index in [-0.39, 0.29) is 11.9 Å². The van der Waals surface area contributed by atoms with E-state index in [1.54, 1.807) is 17.5 Å². The Labute approximate surface area is 140 Å². The molecule has 0 aromatic carbocycles. The molecule has 2 aromatic rings. The number of thiophene rings is 1. The molecule has 23 heavy (non-hydrogen) atoms. The molecule has 1 N–H and O–H groups in total. The highest BCUT2D eigenvalue weighted by molar-refractivity contribution is 7.08. The average Bonchev–Trinajstić information content (AvgIpc) is 3.03. The van der Waals surface area contributed by atoms with Gasteiger partial charge < -0.3 is 10.1 Å². The number of hydrogen-bond donors (Lipinski definition) is 1. The summed E-state index contributed by atoms with van der Waals surface area (Å²) in [7, 11) is 0. The van der Waals surface area contributed by atoms with Gasteiger partial charge in [-0.15, -0.1) is 0 Å². The van der Waals surface area contributed by atoms with Crippen LogP contribution in [0.5, 0.6) is 0 Å². The number of morpholine rings is 1. The van der Waals surface area contributed by atoms with E-state index >= 15 is 0 Å². The van der Waals surface area contributed by atoms with Crippen LogP contribution in [-0.2, 0) is 4.74 Å². The zero-order valence-electron chi connectivity index (χ0n) is 13.2. The fourth-order valence-corrected chi connectivity index (χ4v) is 3.63. The minimum absolute atomic E-state index is 0.00843. The summed E-state index contributed by atoms with van der Waals surface area (Å²) < 4.78 is 5.44. The van der Waals surface area contributed by atoms with Gasteiger partial charge in [0.2, 0.25) is 0 Å². The molecule has 3 rings (SSSR count). The van der Waals surface area contributed by atoms with E-state index < -0.39 is 0 Å². The standard InChI is InChI=1S/C17H21N3O2S/c1-13-11-23-12-15(13)17(21)19-10-16(14-3-2-4-18-9-14)20-5-7-22-8-6-20/h2-4,9,11-12,16H,5-8,10H2,1H3,(H,19,21)/t16-/m1/s1. The highest BCUT2D eigenvalue weighted by atomic mass is 32.1. The molecule has 0 radical (unpaired) electrons. The number of rotatable bonds is 5. The lowest BCUT2D eigenvalue weighted by molar-refractivity contribution is 0.0161. The highest BCUT2D eigenvalue weighted by Crippen LogP contribution is 2.21. The van der Waals surface area contributed by atoms with Gasteiger partial charge >= 0.3 is 0 Å². The molecule has 0 unspecified atom stereocenters. The van der Waals surface area contributed by atoms with Crippen LogP contribution in [0.4, 0.5) is 0 Å². The molecule has 1 aliphatic rings. The molecule has 0 bridgehead atoms. The Balaban J connectivity index is 1.71. The lowest BCUT2D eigenvalue weighted by atomic mass is 10.1. The Bertz CT molecular complexity index is 638. The third-order valence-corrected chi connectivity index (χ3v) is 4.97. The number of pyridine rings is 1. The molecular formula is C17H21N3O2S. The van der Waals surface area contributed by atoms with Crippen molar-refractivity contribution in [3.8, 4) is 0 Å². The van der Waals surface area contributed by atoms with Crippen molar-refractivity contribution in [2.75, 3.05) is 32.8 Å². The Kier molecular flexibility index (Phi) is 5.38. The molecule has 1 fully saturated rings. The van der Waals surface area contributed by atoms with E-state index in [9.17, 15) is 4.79 Å². The van der Waals surface area contributed by atoms with Crippen molar-refractivity contribution in [1.82, 2.24) is 15.2 Å². The predicted molar refractivity (Wildman–Crippen MR) is 90.8 cm³/mol. The summed E-state index contributed by atoms with van der Waals surface area (Å²) in [5, 5.41) is 6.98. The number of hydrogen-bond acceptors (Lipinski definition) is 5. The molecule has 1 saturated heterocycles. The molecule has 0 aliphatic carbocycles. The molecule has 5 nitrogen and oxygen atoms in total. The number of nitrogens with one attached hydrogen (secondary N) is 1. The first kappa shape index (κ1) is 16.1. The van der Waals surface area contributed by atoms with Gasteiger partial charge in [-0.2, -0.15) is 11.3 Å². The van der Waals surface area contributed by atoms with Crippen LogP contribution in [0, 0.1) is 6.92 Å². The summed E-state index contributed by atoms with van der Waals surface area (Å²) >= 11 is 1.56. The van der Waals surface area contributed by atoms with E-state index in [1.807, 2.05) is 29.9 Å². The highest BCUT2D eigenvalue weighted by Gasteiger charge is 2.23. The summed E-state index contributed by atoms with van der Waals surface area (Å²) in [5.74, 6) is -0.00843. The molecule has 0 saturated carbocycles. The number of aryl methyl sites for hydroxylation is 1.